The molecule has 0 aliphatic carbocycles. The molecule has 1 aliphatic rings. The number of sulfone groups is 1. The van der Waals surface area contributed by atoms with Gasteiger partial charge in [-0.05, 0) is 48.9 Å². The van der Waals surface area contributed by atoms with Gasteiger partial charge in [-0.25, -0.2) is 13.4 Å². The highest BCUT2D eigenvalue weighted by atomic mass is 35.5. The van der Waals surface area contributed by atoms with E-state index in [2.05, 4.69) is 4.98 Å². The van der Waals surface area contributed by atoms with Crippen LogP contribution >= 0.6 is 22.9 Å². The van der Waals surface area contributed by atoms with Gasteiger partial charge in [0.05, 0.1) is 27.6 Å². The van der Waals surface area contributed by atoms with Crippen LogP contribution in [-0.2, 0) is 19.4 Å². The molecule has 40 heavy (non-hydrogen) atoms. The lowest BCUT2D eigenvalue weighted by molar-refractivity contribution is -0.384. The molecule has 1 atom stereocenters. The van der Waals surface area contributed by atoms with Crippen LogP contribution in [0.1, 0.15) is 22.7 Å². The van der Waals surface area contributed by atoms with Crippen molar-refractivity contribution in [1.29, 1.82) is 0 Å². The predicted octanol–water partition coefficient (Wildman–Crippen LogP) is 5.47. The maximum atomic E-state index is 13.4. The molecular formula is C27H18ClN3O7S2. The number of thiazole rings is 1. The average Bonchev–Trinajstić information content (AvgIpc) is 3.53. The average molecular weight is 596 g/mol. The Balaban J connectivity index is 1.62. The number of carbonyl (C=O) groups is 2. The Morgan fingerprint density at radius 2 is 1.65 bits per heavy atom. The van der Waals surface area contributed by atoms with Gasteiger partial charge >= 0.3 is 5.91 Å². The molecule has 3 aromatic carbocycles. The van der Waals surface area contributed by atoms with Crippen LogP contribution in [0.5, 0.6) is 0 Å². The van der Waals surface area contributed by atoms with Crippen molar-refractivity contribution >= 4 is 61.0 Å². The summed E-state index contributed by atoms with van der Waals surface area (Å²) in [5.41, 5.74) is 1.22. The molecule has 13 heteroatoms. The molecule has 1 aromatic heterocycles. The number of nitro benzene ring substituents is 1. The number of non-ortho nitro benzene ring substituents is 1. The number of rotatable bonds is 6. The Kier molecular flexibility index (Phi) is 7.00. The number of nitrogens with zero attached hydrogens (tertiary/aromatic N) is 3. The fourth-order valence-electron chi connectivity index (χ4n) is 4.21. The van der Waals surface area contributed by atoms with Crippen molar-refractivity contribution in [2.45, 2.75) is 22.1 Å². The lowest BCUT2D eigenvalue weighted by Gasteiger charge is -2.23. The Labute approximate surface area is 236 Å². The number of ketones is 1. The van der Waals surface area contributed by atoms with E-state index in [9.17, 15) is 33.2 Å². The third-order valence-electron chi connectivity index (χ3n) is 6.26. The topological polar surface area (TPSA) is 148 Å². The molecule has 1 fully saturated rings. The molecule has 1 amide bonds. The van der Waals surface area contributed by atoms with Crippen LogP contribution in [0.15, 0.2) is 93.7 Å². The molecule has 2 heterocycles. The summed E-state index contributed by atoms with van der Waals surface area (Å²) < 4.78 is 26.2. The van der Waals surface area contributed by atoms with E-state index in [4.69, 9.17) is 11.6 Å². The van der Waals surface area contributed by atoms with Gasteiger partial charge in [0.25, 0.3) is 11.5 Å². The number of aryl methyl sites for hydroxylation is 1. The maximum Gasteiger partial charge on any atom is 0.301 e. The number of aliphatic hydroxyl groups excluding tert-OH is 1. The van der Waals surface area contributed by atoms with Crippen LogP contribution < -0.4 is 4.90 Å². The largest absolute Gasteiger partial charge is 0.507 e. The zero-order chi connectivity index (χ0) is 28.8. The first-order chi connectivity index (χ1) is 19.0. The first-order valence-corrected chi connectivity index (χ1v) is 14.3. The molecule has 0 bridgehead atoms. The van der Waals surface area contributed by atoms with Gasteiger partial charge < -0.3 is 5.11 Å². The maximum absolute atomic E-state index is 13.4. The summed E-state index contributed by atoms with van der Waals surface area (Å²) in [5.74, 6) is -2.37. The smallest absolute Gasteiger partial charge is 0.301 e. The Bertz CT molecular complexity index is 1800. The molecule has 4 aromatic rings. The van der Waals surface area contributed by atoms with Crippen molar-refractivity contribution in [2.24, 2.45) is 0 Å². The van der Waals surface area contributed by atoms with Gasteiger partial charge in [0.2, 0.25) is 9.84 Å². The second-order valence-electron chi connectivity index (χ2n) is 8.80. The molecule has 5 rings (SSSR count). The number of Topliss-reactive ketones (excluding diaryl/α,β-unsaturated/α-hetero) is 1. The van der Waals surface area contributed by atoms with Crippen LogP contribution in [0, 0.1) is 17.0 Å². The number of aromatic nitrogens is 1. The molecule has 0 unspecified atom stereocenters. The Hall–Kier alpha value is -4.39. The lowest BCUT2D eigenvalue weighted by Crippen LogP contribution is -2.29. The summed E-state index contributed by atoms with van der Waals surface area (Å²) in [6.45, 7) is 1.87. The molecule has 10 nitrogen and oxygen atoms in total. The predicted molar refractivity (Wildman–Crippen MR) is 148 cm³/mol. The van der Waals surface area contributed by atoms with E-state index < -0.39 is 38.3 Å². The fraction of sp³-hybridized carbons (Fsp3) is 0.0741. The van der Waals surface area contributed by atoms with E-state index in [-0.39, 0.29) is 31.1 Å². The number of amides is 1. The van der Waals surface area contributed by atoms with Crippen molar-refractivity contribution in [3.8, 4) is 0 Å². The molecule has 1 N–H and O–H groups in total. The van der Waals surface area contributed by atoms with E-state index in [0.29, 0.717) is 21.9 Å². The highest BCUT2D eigenvalue weighted by Crippen LogP contribution is 2.44. The van der Waals surface area contributed by atoms with Crippen molar-refractivity contribution in [1.82, 2.24) is 4.98 Å². The summed E-state index contributed by atoms with van der Waals surface area (Å²) in [4.78, 5) is 42.0. The van der Waals surface area contributed by atoms with E-state index in [0.717, 1.165) is 40.9 Å². The van der Waals surface area contributed by atoms with Crippen molar-refractivity contribution in [3.63, 3.8) is 0 Å². The van der Waals surface area contributed by atoms with Gasteiger partial charge in [0.15, 0.2) is 5.13 Å². The second kappa shape index (κ2) is 10.3. The third kappa shape index (κ3) is 4.76. The normalized spacial score (nSPS) is 16.9. The highest BCUT2D eigenvalue weighted by Gasteiger charge is 2.48. The summed E-state index contributed by atoms with van der Waals surface area (Å²) in [7, 11) is -4.15. The fourth-order valence-corrected chi connectivity index (χ4v) is 6.88. The quantitative estimate of drug-likeness (QED) is 0.101. The standard InChI is InChI=1S/C27H18ClN3O7S2/c1-15-2-4-16(5-3-15)23-22(24(32)17-6-8-18(28)9-7-17)25(33)26(34)30(23)27-29-14-21(39-27)40(37,38)20-12-10-19(11-13-20)31(35)36/h2-14,23,32H,1H3/t23-/m0/s1. The lowest BCUT2D eigenvalue weighted by atomic mass is 9.95. The van der Waals surface area contributed by atoms with Crippen LogP contribution in [0.25, 0.3) is 5.76 Å². The first kappa shape index (κ1) is 27.2. The number of hydrogen-bond donors (Lipinski definition) is 1. The summed E-state index contributed by atoms with van der Waals surface area (Å²) in [6, 6.07) is 16.3. The zero-order valence-electron chi connectivity index (χ0n) is 20.5. The number of hydrogen-bond acceptors (Lipinski definition) is 9. The van der Waals surface area contributed by atoms with Gasteiger partial charge in [-0.1, -0.05) is 52.8 Å². The summed E-state index contributed by atoms with van der Waals surface area (Å²) >= 11 is 6.62. The molecular weight excluding hydrogens is 578 g/mol. The van der Waals surface area contributed by atoms with Crippen molar-refractivity contribution in [3.05, 3.63) is 116 Å². The van der Waals surface area contributed by atoms with Crippen LogP contribution in [-0.4, -0.2) is 35.1 Å². The van der Waals surface area contributed by atoms with E-state index >= 15 is 0 Å². The minimum Gasteiger partial charge on any atom is -0.507 e. The molecule has 0 spiro atoms. The van der Waals surface area contributed by atoms with E-state index in [1.54, 1.807) is 24.3 Å². The zero-order valence-corrected chi connectivity index (χ0v) is 22.9. The van der Waals surface area contributed by atoms with Gasteiger partial charge in [-0.15, -0.1) is 0 Å². The first-order valence-electron chi connectivity index (χ1n) is 11.6. The van der Waals surface area contributed by atoms with Gasteiger partial charge in [0.1, 0.15) is 9.97 Å². The second-order valence-corrected chi connectivity index (χ2v) is 12.4. The van der Waals surface area contributed by atoms with Gasteiger partial charge in [0, 0.05) is 22.7 Å². The molecule has 202 valence electrons. The highest BCUT2D eigenvalue weighted by molar-refractivity contribution is 7.93. The monoisotopic (exact) mass is 595 g/mol. The number of carbonyl (C=O) groups excluding carboxylic acids is 2. The van der Waals surface area contributed by atoms with Crippen LogP contribution in [0.4, 0.5) is 10.8 Å². The van der Waals surface area contributed by atoms with E-state index in [1.807, 2.05) is 6.92 Å². The molecule has 0 saturated carbocycles. The number of nitro groups is 1. The van der Waals surface area contributed by atoms with Gasteiger partial charge in [-0.3, -0.25) is 24.6 Å². The van der Waals surface area contributed by atoms with Crippen molar-refractivity contribution in [2.75, 3.05) is 4.90 Å². The van der Waals surface area contributed by atoms with Crippen molar-refractivity contribution < 1.29 is 28.0 Å². The Morgan fingerprint density at radius 1 is 1.02 bits per heavy atom. The summed E-state index contributed by atoms with van der Waals surface area (Å²) in [6.07, 6.45) is 1.06. The summed E-state index contributed by atoms with van der Waals surface area (Å²) in [5, 5.41) is 22.4. The Morgan fingerprint density at radius 3 is 2.25 bits per heavy atom. The number of aliphatic hydroxyl groups is 1. The third-order valence-corrected chi connectivity index (χ3v) is 9.74. The molecule has 0 radical (unpaired) electrons. The number of anilines is 1. The van der Waals surface area contributed by atoms with Gasteiger partial charge in [-0.2, -0.15) is 0 Å². The number of halogens is 1. The van der Waals surface area contributed by atoms with Crippen LogP contribution in [0.2, 0.25) is 5.02 Å². The minimum atomic E-state index is -4.15. The van der Waals surface area contributed by atoms with E-state index in [1.165, 1.54) is 24.3 Å². The molecule has 1 saturated heterocycles. The van der Waals surface area contributed by atoms with Crippen LogP contribution in [0.3, 0.4) is 0 Å². The number of benzene rings is 3. The SMILES string of the molecule is Cc1ccc([C@H]2C(=C(O)c3ccc(Cl)cc3)C(=O)C(=O)N2c2ncc(S(=O)(=O)c3ccc([N+](=O)[O-])cc3)s2)cc1. The molecule has 1 aliphatic heterocycles. The minimum absolute atomic E-state index is 0.0803.